The number of aryl methyl sites for hydroxylation is 1. The number of aromatic amines is 1. The van der Waals surface area contributed by atoms with Crippen LogP contribution in [0.15, 0.2) is 24.4 Å². The van der Waals surface area contributed by atoms with Gasteiger partial charge in [0.05, 0.1) is 0 Å². The molecule has 0 atom stereocenters. The maximum Gasteiger partial charge on any atom is 0.0456 e. The average molecular weight is 273 g/mol. The van der Waals surface area contributed by atoms with Crippen LogP contribution in [-0.2, 0) is 11.8 Å². The minimum Gasteiger partial charge on any atom is -0.361 e. The normalized spacial score (nSPS) is 12.5. The summed E-state index contributed by atoms with van der Waals surface area (Å²) in [5.41, 5.74) is 4.74. The topological polar surface area (TPSA) is 15.8 Å². The van der Waals surface area contributed by atoms with Crippen molar-refractivity contribution in [3.8, 4) is 0 Å². The summed E-state index contributed by atoms with van der Waals surface area (Å²) in [5, 5.41) is 1.40. The van der Waals surface area contributed by atoms with E-state index in [1.54, 1.807) is 0 Å². The molecule has 1 heterocycles. The van der Waals surface area contributed by atoms with E-state index in [9.17, 15) is 0 Å². The van der Waals surface area contributed by atoms with Gasteiger partial charge in [-0.3, -0.25) is 0 Å². The lowest BCUT2D eigenvalue weighted by molar-refractivity contribution is 0.378. The number of rotatable bonds is 2. The third-order valence-corrected chi connectivity index (χ3v) is 3.78. The summed E-state index contributed by atoms with van der Waals surface area (Å²) in [6.07, 6.45) is 4.56. The SMILES string of the molecule is C.CC(C)(C)CCc1c[nH]c2ccc(C(C)(C)C)cc12. The fraction of sp³-hybridized carbons (Fsp3) is 0.579. The number of nitrogens with one attached hydrogen (secondary N) is 1. The van der Waals surface area contributed by atoms with Gasteiger partial charge < -0.3 is 4.98 Å². The second kappa shape index (κ2) is 5.63. The van der Waals surface area contributed by atoms with Gasteiger partial charge in [0.1, 0.15) is 0 Å². The minimum absolute atomic E-state index is 0. The van der Waals surface area contributed by atoms with E-state index in [0.29, 0.717) is 5.41 Å². The summed E-state index contributed by atoms with van der Waals surface area (Å²) in [6, 6.07) is 6.83. The lowest BCUT2D eigenvalue weighted by Gasteiger charge is -2.20. The van der Waals surface area contributed by atoms with Crippen LogP contribution in [0.25, 0.3) is 10.9 Å². The standard InChI is InChI=1S/C18H27N.CH4/c1-17(2,3)10-9-13-12-19-16-8-7-14(11-15(13)16)18(4,5)6;/h7-8,11-12,19H,9-10H2,1-6H3;1H4. The summed E-state index contributed by atoms with van der Waals surface area (Å²) < 4.78 is 0. The molecule has 0 fully saturated rings. The molecule has 1 nitrogen and oxygen atoms in total. The zero-order valence-electron chi connectivity index (χ0n) is 13.2. The van der Waals surface area contributed by atoms with Crippen molar-refractivity contribution >= 4 is 10.9 Å². The first-order valence-electron chi connectivity index (χ1n) is 7.27. The van der Waals surface area contributed by atoms with Crippen molar-refractivity contribution in [2.24, 2.45) is 5.41 Å². The Morgan fingerprint density at radius 3 is 2.20 bits per heavy atom. The van der Waals surface area contributed by atoms with Crippen LogP contribution in [-0.4, -0.2) is 4.98 Å². The highest BCUT2D eigenvalue weighted by molar-refractivity contribution is 5.84. The molecule has 0 saturated carbocycles. The fourth-order valence-corrected chi connectivity index (χ4v) is 2.36. The van der Waals surface area contributed by atoms with Crippen LogP contribution in [0, 0.1) is 5.41 Å². The summed E-state index contributed by atoms with van der Waals surface area (Å²) in [4.78, 5) is 3.40. The highest BCUT2D eigenvalue weighted by Gasteiger charge is 2.16. The van der Waals surface area contributed by atoms with E-state index < -0.39 is 0 Å². The molecule has 2 aromatic rings. The largest absolute Gasteiger partial charge is 0.361 e. The molecule has 1 N–H and O–H groups in total. The zero-order chi connectivity index (χ0) is 14.3. The summed E-state index contributed by atoms with van der Waals surface area (Å²) >= 11 is 0. The molecule has 0 aliphatic heterocycles. The van der Waals surface area contributed by atoms with Gasteiger partial charge in [-0.25, -0.2) is 0 Å². The smallest absolute Gasteiger partial charge is 0.0456 e. The Hall–Kier alpha value is -1.24. The van der Waals surface area contributed by atoms with Crippen LogP contribution in [0.4, 0.5) is 0 Å². The van der Waals surface area contributed by atoms with Crippen LogP contribution < -0.4 is 0 Å². The maximum atomic E-state index is 3.40. The molecule has 0 saturated heterocycles. The van der Waals surface area contributed by atoms with E-state index >= 15 is 0 Å². The number of benzene rings is 1. The van der Waals surface area contributed by atoms with Crippen LogP contribution in [0.3, 0.4) is 0 Å². The predicted molar refractivity (Wildman–Crippen MR) is 91.5 cm³/mol. The second-order valence-electron chi connectivity index (χ2n) is 7.88. The second-order valence-corrected chi connectivity index (χ2v) is 7.88. The molecule has 0 amide bonds. The lowest BCUT2D eigenvalue weighted by atomic mass is 9.85. The molecule has 0 spiro atoms. The molecule has 0 aliphatic carbocycles. The van der Waals surface area contributed by atoms with Crippen molar-refractivity contribution in [2.45, 2.75) is 67.2 Å². The highest BCUT2D eigenvalue weighted by atomic mass is 14.7. The number of aromatic nitrogens is 1. The first-order valence-corrected chi connectivity index (χ1v) is 7.27. The van der Waals surface area contributed by atoms with Crippen molar-refractivity contribution in [1.29, 1.82) is 0 Å². The molecule has 0 bridgehead atoms. The summed E-state index contributed by atoms with van der Waals surface area (Å²) in [6.45, 7) is 13.7. The van der Waals surface area contributed by atoms with Gasteiger partial charge in [0.25, 0.3) is 0 Å². The van der Waals surface area contributed by atoms with Crippen molar-refractivity contribution < 1.29 is 0 Å². The zero-order valence-corrected chi connectivity index (χ0v) is 13.2. The minimum atomic E-state index is 0. The Labute approximate surface area is 124 Å². The Kier molecular flexibility index (Phi) is 4.74. The van der Waals surface area contributed by atoms with Gasteiger partial charge in [0, 0.05) is 17.1 Å². The van der Waals surface area contributed by atoms with Crippen LogP contribution >= 0.6 is 0 Å². The molecule has 0 aliphatic rings. The fourth-order valence-electron chi connectivity index (χ4n) is 2.36. The Balaban J connectivity index is 0.00000200. The lowest BCUT2D eigenvalue weighted by Crippen LogP contribution is -2.10. The van der Waals surface area contributed by atoms with Crippen LogP contribution in [0.5, 0.6) is 0 Å². The van der Waals surface area contributed by atoms with Gasteiger partial charge in [0.15, 0.2) is 0 Å². The molecule has 112 valence electrons. The Morgan fingerprint density at radius 1 is 1.00 bits per heavy atom. The molecular formula is C19H31N. The third kappa shape index (κ3) is 3.88. The van der Waals surface area contributed by atoms with E-state index in [4.69, 9.17) is 0 Å². The highest BCUT2D eigenvalue weighted by Crippen LogP contribution is 2.29. The van der Waals surface area contributed by atoms with E-state index in [2.05, 4.69) is 70.9 Å². The van der Waals surface area contributed by atoms with Crippen molar-refractivity contribution in [2.75, 3.05) is 0 Å². The van der Waals surface area contributed by atoms with Gasteiger partial charge in [-0.05, 0) is 46.9 Å². The van der Waals surface area contributed by atoms with Crippen LogP contribution in [0.1, 0.15) is 66.5 Å². The Morgan fingerprint density at radius 2 is 1.65 bits per heavy atom. The quantitative estimate of drug-likeness (QED) is 0.682. The third-order valence-electron chi connectivity index (χ3n) is 3.78. The van der Waals surface area contributed by atoms with Gasteiger partial charge in [-0.1, -0.05) is 55.0 Å². The van der Waals surface area contributed by atoms with E-state index in [-0.39, 0.29) is 12.8 Å². The first-order chi connectivity index (χ1) is 8.67. The molecule has 0 radical (unpaired) electrons. The van der Waals surface area contributed by atoms with Crippen molar-refractivity contribution in [3.05, 3.63) is 35.5 Å². The van der Waals surface area contributed by atoms with Crippen LogP contribution in [0.2, 0.25) is 0 Å². The molecule has 1 aromatic heterocycles. The van der Waals surface area contributed by atoms with Gasteiger partial charge in [0.2, 0.25) is 0 Å². The molecule has 1 aromatic carbocycles. The molecule has 1 heteroatoms. The average Bonchev–Trinajstić information content (AvgIpc) is 2.66. The first kappa shape index (κ1) is 16.8. The number of H-pyrrole nitrogens is 1. The van der Waals surface area contributed by atoms with E-state index in [1.165, 1.54) is 28.5 Å². The predicted octanol–water partition coefficient (Wildman–Crippen LogP) is 6.08. The monoisotopic (exact) mass is 273 g/mol. The number of hydrogen-bond acceptors (Lipinski definition) is 0. The van der Waals surface area contributed by atoms with Gasteiger partial charge in [-0.2, -0.15) is 0 Å². The summed E-state index contributed by atoms with van der Waals surface area (Å²) in [7, 11) is 0. The van der Waals surface area contributed by atoms with E-state index in [0.717, 1.165) is 6.42 Å². The molecule has 20 heavy (non-hydrogen) atoms. The Bertz CT molecular complexity index is 561. The number of hydrogen-bond donors (Lipinski definition) is 1. The van der Waals surface area contributed by atoms with Gasteiger partial charge in [-0.15, -0.1) is 0 Å². The molecular weight excluding hydrogens is 242 g/mol. The number of fused-ring (bicyclic) bond motifs is 1. The molecule has 0 unspecified atom stereocenters. The van der Waals surface area contributed by atoms with E-state index in [1.807, 2.05) is 0 Å². The molecule has 2 rings (SSSR count). The summed E-state index contributed by atoms with van der Waals surface area (Å²) in [5.74, 6) is 0. The maximum absolute atomic E-state index is 3.40. The van der Waals surface area contributed by atoms with Crippen molar-refractivity contribution in [3.63, 3.8) is 0 Å². The van der Waals surface area contributed by atoms with Gasteiger partial charge >= 0.3 is 0 Å². The van der Waals surface area contributed by atoms with Crippen molar-refractivity contribution in [1.82, 2.24) is 4.98 Å².